The summed E-state index contributed by atoms with van der Waals surface area (Å²) in [6.07, 6.45) is 4.40. The molecule has 1 heterocycles. The first-order valence-corrected chi connectivity index (χ1v) is 8.43. The number of hydrogen-bond acceptors (Lipinski definition) is 3. The molecule has 2 rings (SSSR count). The number of benzene rings is 1. The maximum Gasteiger partial charge on any atom is 0.410 e. The second-order valence-electron chi connectivity index (χ2n) is 7.16. The van der Waals surface area contributed by atoms with Crippen molar-refractivity contribution in [2.45, 2.75) is 65.0 Å². The molecular formula is C19H27NO3. The van der Waals surface area contributed by atoms with Gasteiger partial charge in [0.05, 0.1) is 6.04 Å². The molecular weight excluding hydrogens is 290 g/mol. The average Bonchev–Trinajstić information content (AvgIpc) is 2.50. The summed E-state index contributed by atoms with van der Waals surface area (Å²) in [6, 6.07) is 5.80. The van der Waals surface area contributed by atoms with E-state index in [4.69, 9.17) is 4.74 Å². The molecule has 4 nitrogen and oxygen atoms in total. The van der Waals surface area contributed by atoms with Crippen LogP contribution < -0.4 is 0 Å². The molecule has 1 amide bonds. The van der Waals surface area contributed by atoms with E-state index in [1.165, 1.54) is 5.56 Å². The van der Waals surface area contributed by atoms with Crippen LogP contribution >= 0.6 is 0 Å². The minimum atomic E-state index is -0.503. The van der Waals surface area contributed by atoms with Crippen molar-refractivity contribution in [1.82, 2.24) is 4.90 Å². The Hall–Kier alpha value is -1.84. The molecule has 0 fully saturated rings. The number of rotatable bonds is 4. The Morgan fingerprint density at radius 3 is 2.74 bits per heavy atom. The molecule has 126 valence electrons. The minimum Gasteiger partial charge on any atom is -0.444 e. The number of ether oxygens (including phenoxy) is 1. The molecule has 1 unspecified atom stereocenters. The molecule has 0 aliphatic carbocycles. The van der Waals surface area contributed by atoms with Gasteiger partial charge in [0.15, 0.2) is 0 Å². The van der Waals surface area contributed by atoms with E-state index in [1.54, 1.807) is 0 Å². The summed E-state index contributed by atoms with van der Waals surface area (Å²) in [6.45, 7) is 8.46. The summed E-state index contributed by atoms with van der Waals surface area (Å²) in [5, 5.41) is 0. The Balaban J connectivity index is 2.32. The van der Waals surface area contributed by atoms with Gasteiger partial charge in [-0.25, -0.2) is 4.79 Å². The average molecular weight is 317 g/mol. The van der Waals surface area contributed by atoms with Gasteiger partial charge in [0.1, 0.15) is 11.9 Å². The molecule has 1 atom stereocenters. The first-order valence-electron chi connectivity index (χ1n) is 8.43. The van der Waals surface area contributed by atoms with Crippen molar-refractivity contribution in [3.05, 3.63) is 34.9 Å². The van der Waals surface area contributed by atoms with Gasteiger partial charge in [0.25, 0.3) is 0 Å². The molecule has 0 bridgehead atoms. The van der Waals surface area contributed by atoms with E-state index in [1.807, 2.05) is 43.9 Å². The molecule has 0 saturated heterocycles. The third kappa shape index (κ3) is 4.34. The third-order valence-corrected chi connectivity index (χ3v) is 4.12. The third-order valence-electron chi connectivity index (χ3n) is 4.12. The van der Waals surface area contributed by atoms with Gasteiger partial charge < -0.3 is 9.64 Å². The number of nitrogens with zero attached hydrogens (tertiary/aromatic N) is 1. The van der Waals surface area contributed by atoms with Crippen LogP contribution in [-0.2, 0) is 11.2 Å². The van der Waals surface area contributed by atoms with Crippen molar-refractivity contribution in [3.8, 4) is 0 Å². The normalized spacial score (nSPS) is 17.6. The highest BCUT2D eigenvalue weighted by Crippen LogP contribution is 2.35. The highest BCUT2D eigenvalue weighted by atomic mass is 16.6. The highest BCUT2D eigenvalue weighted by Gasteiger charge is 2.33. The molecule has 1 aliphatic rings. The predicted molar refractivity (Wildman–Crippen MR) is 90.7 cm³/mol. The first kappa shape index (κ1) is 17.5. The molecule has 23 heavy (non-hydrogen) atoms. The standard InChI is InChI=1S/C19H27NO3/c1-5-6-7-17-16-12-14(13-21)8-9-15(16)10-11-20(17)18(22)23-19(2,3)4/h8-9,12-13,17H,5-7,10-11H2,1-4H3. The van der Waals surface area contributed by atoms with Crippen LogP contribution in [0.15, 0.2) is 18.2 Å². The summed E-state index contributed by atoms with van der Waals surface area (Å²) in [4.78, 5) is 25.5. The minimum absolute atomic E-state index is 0.00606. The van der Waals surface area contributed by atoms with Crippen LogP contribution in [0.1, 0.15) is 74.5 Å². The Kier molecular flexibility index (Phi) is 5.45. The van der Waals surface area contributed by atoms with Crippen molar-refractivity contribution >= 4 is 12.4 Å². The molecule has 0 spiro atoms. The second-order valence-corrected chi connectivity index (χ2v) is 7.16. The molecule has 1 aromatic rings. The number of carbonyl (C=O) groups excluding carboxylic acids is 2. The lowest BCUT2D eigenvalue weighted by atomic mass is 9.88. The SMILES string of the molecule is CCCCC1c2cc(C=O)ccc2CCN1C(=O)OC(C)(C)C. The van der Waals surface area contributed by atoms with Gasteiger partial charge in [-0.05, 0) is 50.8 Å². The zero-order chi connectivity index (χ0) is 17.0. The Morgan fingerprint density at radius 2 is 2.13 bits per heavy atom. The largest absolute Gasteiger partial charge is 0.444 e. The maximum absolute atomic E-state index is 12.6. The zero-order valence-corrected chi connectivity index (χ0v) is 14.6. The van der Waals surface area contributed by atoms with Crippen molar-refractivity contribution < 1.29 is 14.3 Å². The van der Waals surface area contributed by atoms with Crippen LogP contribution in [0, 0.1) is 0 Å². The summed E-state index contributed by atoms with van der Waals surface area (Å²) in [5.74, 6) is 0. The van der Waals surface area contributed by atoms with Crippen LogP contribution in [0.4, 0.5) is 4.79 Å². The van der Waals surface area contributed by atoms with Crippen molar-refractivity contribution in [3.63, 3.8) is 0 Å². The lowest BCUT2D eigenvalue weighted by molar-refractivity contribution is 0.0130. The summed E-state index contributed by atoms with van der Waals surface area (Å²) in [5.41, 5.74) is 2.49. The van der Waals surface area contributed by atoms with Gasteiger partial charge >= 0.3 is 6.09 Å². The predicted octanol–water partition coefficient (Wildman–Crippen LogP) is 4.52. The molecule has 0 N–H and O–H groups in total. The summed E-state index contributed by atoms with van der Waals surface area (Å²) in [7, 11) is 0. The van der Waals surface area contributed by atoms with Gasteiger partial charge in [0, 0.05) is 12.1 Å². The second kappa shape index (κ2) is 7.16. The van der Waals surface area contributed by atoms with E-state index in [9.17, 15) is 9.59 Å². The van der Waals surface area contributed by atoms with Crippen molar-refractivity contribution in [1.29, 1.82) is 0 Å². The van der Waals surface area contributed by atoms with E-state index in [0.717, 1.165) is 37.5 Å². The lowest BCUT2D eigenvalue weighted by Crippen LogP contribution is -2.43. The fraction of sp³-hybridized carbons (Fsp3) is 0.579. The van der Waals surface area contributed by atoms with E-state index >= 15 is 0 Å². The number of amides is 1. The van der Waals surface area contributed by atoms with E-state index in [0.29, 0.717) is 12.1 Å². The van der Waals surface area contributed by atoms with Gasteiger partial charge in [-0.2, -0.15) is 0 Å². The van der Waals surface area contributed by atoms with Crippen LogP contribution in [-0.4, -0.2) is 29.4 Å². The van der Waals surface area contributed by atoms with Gasteiger partial charge in [0.2, 0.25) is 0 Å². The Morgan fingerprint density at radius 1 is 1.39 bits per heavy atom. The molecule has 0 saturated carbocycles. The van der Waals surface area contributed by atoms with E-state index < -0.39 is 5.60 Å². The van der Waals surface area contributed by atoms with Crippen molar-refractivity contribution in [2.75, 3.05) is 6.54 Å². The summed E-state index contributed by atoms with van der Waals surface area (Å²) >= 11 is 0. The topological polar surface area (TPSA) is 46.6 Å². The number of hydrogen-bond donors (Lipinski definition) is 0. The van der Waals surface area contributed by atoms with Crippen LogP contribution in [0.5, 0.6) is 0 Å². The number of aldehydes is 1. The number of fused-ring (bicyclic) bond motifs is 1. The maximum atomic E-state index is 12.6. The quantitative estimate of drug-likeness (QED) is 0.767. The fourth-order valence-electron chi connectivity index (χ4n) is 3.04. The van der Waals surface area contributed by atoms with Gasteiger partial charge in [-0.15, -0.1) is 0 Å². The fourth-order valence-corrected chi connectivity index (χ4v) is 3.04. The van der Waals surface area contributed by atoms with Crippen LogP contribution in [0.25, 0.3) is 0 Å². The van der Waals surface area contributed by atoms with Crippen molar-refractivity contribution in [2.24, 2.45) is 0 Å². The van der Waals surface area contributed by atoms with Crippen LogP contribution in [0.2, 0.25) is 0 Å². The number of carbonyl (C=O) groups is 2. The number of unbranched alkanes of at least 4 members (excludes halogenated alkanes) is 1. The Bertz CT molecular complexity index is 574. The molecule has 1 aromatic carbocycles. The molecule has 1 aliphatic heterocycles. The van der Waals surface area contributed by atoms with Gasteiger partial charge in [-0.3, -0.25) is 4.79 Å². The van der Waals surface area contributed by atoms with Gasteiger partial charge in [-0.1, -0.05) is 31.9 Å². The monoisotopic (exact) mass is 317 g/mol. The van der Waals surface area contributed by atoms with Crippen LogP contribution in [0.3, 0.4) is 0 Å². The Labute approximate surface area is 138 Å². The van der Waals surface area contributed by atoms with E-state index in [2.05, 4.69) is 6.92 Å². The highest BCUT2D eigenvalue weighted by molar-refractivity contribution is 5.76. The van der Waals surface area contributed by atoms with E-state index in [-0.39, 0.29) is 12.1 Å². The lowest BCUT2D eigenvalue weighted by Gasteiger charge is -2.38. The summed E-state index contributed by atoms with van der Waals surface area (Å²) < 4.78 is 5.58. The molecule has 0 radical (unpaired) electrons. The zero-order valence-electron chi connectivity index (χ0n) is 14.6. The molecule has 0 aromatic heterocycles. The molecule has 4 heteroatoms. The first-order chi connectivity index (χ1) is 10.9. The smallest absolute Gasteiger partial charge is 0.410 e.